The van der Waals surface area contributed by atoms with Gasteiger partial charge in [0.1, 0.15) is 5.82 Å². The molecule has 1 aliphatic heterocycles. The fourth-order valence-electron chi connectivity index (χ4n) is 2.32. The molecule has 0 bridgehead atoms. The van der Waals surface area contributed by atoms with Gasteiger partial charge in [-0.2, -0.15) is 0 Å². The number of rotatable bonds is 2. The molecule has 0 spiro atoms. The first-order valence-electron chi connectivity index (χ1n) is 6.30. The van der Waals surface area contributed by atoms with Gasteiger partial charge < -0.3 is 9.80 Å². The Morgan fingerprint density at radius 3 is 2.28 bits per heavy atom. The molecule has 91 valence electrons. The van der Waals surface area contributed by atoms with Crippen LogP contribution < -0.4 is 9.80 Å². The zero-order valence-corrected chi connectivity index (χ0v) is 10.3. The molecule has 0 amide bonds. The van der Waals surface area contributed by atoms with E-state index in [1.807, 2.05) is 30.5 Å². The van der Waals surface area contributed by atoms with Crippen LogP contribution in [-0.4, -0.2) is 31.2 Å². The maximum atomic E-state index is 4.40. The summed E-state index contributed by atoms with van der Waals surface area (Å²) in [4.78, 5) is 9.15. The number of piperazine rings is 1. The Kier molecular flexibility index (Phi) is 3.13. The Bertz CT molecular complexity index is 428. The first kappa shape index (κ1) is 11.1. The maximum Gasteiger partial charge on any atom is 0.128 e. The number of pyridine rings is 1. The summed E-state index contributed by atoms with van der Waals surface area (Å²) < 4.78 is 0. The maximum absolute atomic E-state index is 4.40. The highest BCUT2D eigenvalue weighted by atomic mass is 15.3. The fourth-order valence-corrected chi connectivity index (χ4v) is 2.32. The Hall–Kier alpha value is -2.03. The molecule has 3 nitrogen and oxygen atoms in total. The zero-order valence-electron chi connectivity index (χ0n) is 10.3. The highest BCUT2D eigenvalue weighted by Gasteiger charge is 2.17. The summed E-state index contributed by atoms with van der Waals surface area (Å²) in [5, 5.41) is 0. The summed E-state index contributed by atoms with van der Waals surface area (Å²) in [7, 11) is 0. The lowest BCUT2D eigenvalue weighted by molar-refractivity contribution is 0.647. The number of benzene rings is 1. The normalized spacial score (nSPS) is 15.8. The molecule has 0 saturated carbocycles. The predicted molar refractivity (Wildman–Crippen MR) is 73.9 cm³/mol. The van der Waals surface area contributed by atoms with Crippen LogP contribution in [0.15, 0.2) is 48.7 Å². The van der Waals surface area contributed by atoms with E-state index in [4.69, 9.17) is 0 Å². The number of hydrogen-bond acceptors (Lipinski definition) is 3. The molecular formula is C15H16N3. The van der Waals surface area contributed by atoms with Gasteiger partial charge in [0.2, 0.25) is 0 Å². The van der Waals surface area contributed by atoms with Crippen molar-refractivity contribution in [2.75, 3.05) is 36.0 Å². The average molecular weight is 238 g/mol. The van der Waals surface area contributed by atoms with Crippen LogP contribution in [0.1, 0.15) is 0 Å². The molecule has 0 aliphatic carbocycles. The smallest absolute Gasteiger partial charge is 0.128 e. The van der Waals surface area contributed by atoms with E-state index in [9.17, 15) is 0 Å². The molecule has 0 unspecified atom stereocenters. The molecule has 3 rings (SSSR count). The summed E-state index contributed by atoms with van der Waals surface area (Å²) in [6.45, 7) is 4.13. The molecule has 1 fully saturated rings. The third kappa shape index (κ3) is 2.30. The quantitative estimate of drug-likeness (QED) is 0.799. The molecule has 3 heteroatoms. The van der Waals surface area contributed by atoms with E-state index >= 15 is 0 Å². The van der Waals surface area contributed by atoms with E-state index in [0.29, 0.717) is 0 Å². The van der Waals surface area contributed by atoms with Crippen molar-refractivity contribution in [2.24, 2.45) is 0 Å². The van der Waals surface area contributed by atoms with Gasteiger partial charge in [0.25, 0.3) is 0 Å². The topological polar surface area (TPSA) is 19.4 Å². The number of aromatic nitrogens is 1. The minimum atomic E-state index is 1.02. The van der Waals surface area contributed by atoms with Crippen molar-refractivity contribution in [3.63, 3.8) is 0 Å². The summed E-state index contributed by atoms with van der Waals surface area (Å²) in [6, 6.07) is 17.3. The van der Waals surface area contributed by atoms with Crippen LogP contribution in [0, 0.1) is 6.07 Å². The number of hydrogen-bond donors (Lipinski definition) is 0. The van der Waals surface area contributed by atoms with Crippen LogP contribution in [0.3, 0.4) is 0 Å². The lowest BCUT2D eigenvalue weighted by atomic mass is 10.2. The molecule has 18 heavy (non-hydrogen) atoms. The minimum absolute atomic E-state index is 1.02. The SMILES string of the molecule is [c]1ccc(N2CCN(c3ccccn3)CC2)cc1. The van der Waals surface area contributed by atoms with Crippen LogP contribution in [0.5, 0.6) is 0 Å². The standard InChI is InChI=1S/C15H16N3/c1-2-6-14(7-3-1)17-10-12-18(13-11-17)15-8-4-5-9-16-15/h2-9H,10-13H2. The van der Waals surface area contributed by atoms with E-state index in [-0.39, 0.29) is 0 Å². The number of nitrogens with zero attached hydrogens (tertiary/aromatic N) is 3. The molecule has 1 aromatic carbocycles. The van der Waals surface area contributed by atoms with Crippen molar-refractivity contribution >= 4 is 11.5 Å². The van der Waals surface area contributed by atoms with Crippen molar-refractivity contribution in [1.29, 1.82) is 0 Å². The second-order valence-corrected chi connectivity index (χ2v) is 4.42. The van der Waals surface area contributed by atoms with Crippen LogP contribution in [0.25, 0.3) is 0 Å². The van der Waals surface area contributed by atoms with E-state index < -0.39 is 0 Å². The molecule has 1 radical (unpaired) electrons. The minimum Gasteiger partial charge on any atom is -0.368 e. The van der Waals surface area contributed by atoms with Gasteiger partial charge in [0.15, 0.2) is 0 Å². The zero-order chi connectivity index (χ0) is 12.2. The van der Waals surface area contributed by atoms with Crippen molar-refractivity contribution in [3.05, 3.63) is 54.7 Å². The Balaban J connectivity index is 1.65. The van der Waals surface area contributed by atoms with E-state index in [2.05, 4.69) is 39.0 Å². The molecule has 1 aromatic heterocycles. The second-order valence-electron chi connectivity index (χ2n) is 4.42. The summed E-state index contributed by atoms with van der Waals surface area (Å²) in [5.41, 5.74) is 1.29. The van der Waals surface area contributed by atoms with E-state index in [0.717, 1.165) is 32.0 Å². The van der Waals surface area contributed by atoms with Gasteiger partial charge in [0.05, 0.1) is 0 Å². The molecule has 2 heterocycles. The van der Waals surface area contributed by atoms with Crippen LogP contribution in [0.2, 0.25) is 0 Å². The summed E-state index contributed by atoms with van der Waals surface area (Å²) >= 11 is 0. The summed E-state index contributed by atoms with van der Waals surface area (Å²) in [6.07, 6.45) is 1.86. The lowest BCUT2D eigenvalue weighted by Crippen LogP contribution is -2.46. The predicted octanol–water partition coefficient (Wildman–Crippen LogP) is 2.21. The fraction of sp³-hybridized carbons (Fsp3) is 0.267. The highest BCUT2D eigenvalue weighted by molar-refractivity contribution is 5.48. The summed E-state index contributed by atoms with van der Waals surface area (Å²) in [5.74, 6) is 1.08. The monoisotopic (exact) mass is 238 g/mol. The second kappa shape index (κ2) is 5.08. The number of anilines is 2. The van der Waals surface area contributed by atoms with Crippen LogP contribution in [0.4, 0.5) is 11.5 Å². The van der Waals surface area contributed by atoms with Crippen molar-refractivity contribution in [3.8, 4) is 0 Å². The Labute approximate surface area is 108 Å². The van der Waals surface area contributed by atoms with Crippen LogP contribution >= 0.6 is 0 Å². The largest absolute Gasteiger partial charge is 0.368 e. The van der Waals surface area contributed by atoms with Crippen molar-refractivity contribution in [2.45, 2.75) is 0 Å². The Morgan fingerprint density at radius 1 is 0.889 bits per heavy atom. The van der Waals surface area contributed by atoms with Gasteiger partial charge in [-0.3, -0.25) is 0 Å². The van der Waals surface area contributed by atoms with E-state index in [1.165, 1.54) is 5.69 Å². The third-order valence-corrected chi connectivity index (χ3v) is 3.32. The molecule has 2 aromatic rings. The molecule has 0 N–H and O–H groups in total. The van der Waals surface area contributed by atoms with Gasteiger partial charge in [-0.25, -0.2) is 4.98 Å². The molecule has 1 aliphatic rings. The first-order valence-corrected chi connectivity index (χ1v) is 6.30. The van der Waals surface area contributed by atoms with Crippen LogP contribution in [-0.2, 0) is 0 Å². The van der Waals surface area contributed by atoms with E-state index in [1.54, 1.807) is 0 Å². The van der Waals surface area contributed by atoms with Crippen molar-refractivity contribution in [1.82, 2.24) is 4.98 Å². The Morgan fingerprint density at radius 2 is 1.61 bits per heavy atom. The van der Waals surface area contributed by atoms with Gasteiger partial charge in [0, 0.05) is 38.1 Å². The molecular weight excluding hydrogens is 222 g/mol. The molecule has 1 saturated heterocycles. The third-order valence-electron chi connectivity index (χ3n) is 3.32. The van der Waals surface area contributed by atoms with Crippen molar-refractivity contribution < 1.29 is 0 Å². The van der Waals surface area contributed by atoms with Gasteiger partial charge in [-0.15, -0.1) is 0 Å². The molecule has 0 atom stereocenters. The average Bonchev–Trinajstić information content (AvgIpc) is 2.49. The first-order chi connectivity index (χ1) is 8.93. The van der Waals surface area contributed by atoms with Gasteiger partial charge >= 0.3 is 0 Å². The lowest BCUT2D eigenvalue weighted by Gasteiger charge is -2.36. The van der Waals surface area contributed by atoms with Gasteiger partial charge in [-0.05, 0) is 30.3 Å². The highest BCUT2D eigenvalue weighted by Crippen LogP contribution is 2.18. The van der Waals surface area contributed by atoms with Gasteiger partial charge in [-0.1, -0.05) is 18.2 Å².